The van der Waals surface area contributed by atoms with Gasteiger partial charge in [0.05, 0.1) is 0 Å². The van der Waals surface area contributed by atoms with Crippen LogP contribution in [0, 0.1) is 29.7 Å². The van der Waals surface area contributed by atoms with E-state index in [1.165, 1.54) is 57.7 Å². The van der Waals surface area contributed by atoms with Crippen molar-refractivity contribution in [3.8, 4) is 11.3 Å². The molecule has 53 heavy (non-hydrogen) atoms. The fraction of sp³-hybridized carbons (Fsp3) is 0.447. The fourth-order valence-electron chi connectivity index (χ4n) is 7.02. The number of benzene rings is 3. The first-order valence-electron chi connectivity index (χ1n) is 19.1. The average molecular weight is 925 g/mol. The van der Waals surface area contributed by atoms with E-state index in [1.54, 1.807) is 0 Å². The van der Waals surface area contributed by atoms with Crippen molar-refractivity contribution >= 4 is 69.5 Å². The van der Waals surface area contributed by atoms with Crippen molar-refractivity contribution < 1.29 is 30.0 Å². The number of pyridine rings is 1. The summed E-state index contributed by atoms with van der Waals surface area (Å²) in [6, 6.07) is 21.5. The predicted octanol–water partition coefficient (Wildman–Crippen LogP) is 14.7. The molecule has 0 unspecified atom stereocenters. The first-order valence-corrected chi connectivity index (χ1v) is 20.8. The standard InChI is InChI=1S/C32H30NS2.C15H28O2.Ir/c1-18(2)15-27-19(3)28-24(35-27)11-12-25-29(28)30-26(34-25)13-14-33-31(30)21-16-20-9-7-8-10-22(20)23(17-21)32(4,5)6;1-7-14(5,8-2)12(16)11-13(17)15(6,9-3)10-4;/h7-14,17-18H,15H2,1-6H3;11,16H,7-10H2,1-6H3;/q-1;;/b;12-11-;. The van der Waals surface area contributed by atoms with Gasteiger partial charge in [-0.25, -0.2) is 0 Å². The number of hydrogen-bond acceptors (Lipinski definition) is 5. The Morgan fingerprint density at radius 1 is 0.830 bits per heavy atom. The SMILES string of the molecule is CCC(C)(CC)C(=O)/C=C(\O)C(C)(CC)CC.Cc1c(CC(C)C)sc2ccc3sc4ccnc(-c5[c-]c6ccccc6c(C(C)(C)C)c5)c4c3c12.[Ir]. The van der Waals surface area contributed by atoms with Gasteiger partial charge in [0.1, 0.15) is 5.76 Å². The van der Waals surface area contributed by atoms with Crippen LogP contribution in [0.4, 0.5) is 0 Å². The van der Waals surface area contributed by atoms with Gasteiger partial charge in [-0.2, -0.15) is 0 Å². The molecular weight excluding hydrogens is 867 g/mol. The van der Waals surface area contributed by atoms with Crippen molar-refractivity contribution in [2.45, 2.75) is 121 Å². The Hall–Kier alpha value is -2.89. The number of hydrogen-bond donors (Lipinski definition) is 1. The number of aliphatic hydroxyl groups is 1. The Labute approximate surface area is 339 Å². The van der Waals surface area contributed by atoms with Gasteiger partial charge in [-0.1, -0.05) is 105 Å². The number of carbonyl (C=O) groups excluding carboxylic acids is 1. The summed E-state index contributed by atoms with van der Waals surface area (Å²) in [6.07, 6.45) is 7.85. The van der Waals surface area contributed by atoms with Crippen LogP contribution in [0.3, 0.4) is 0 Å². The van der Waals surface area contributed by atoms with E-state index in [-0.39, 0.29) is 47.9 Å². The molecule has 1 N–H and O–H groups in total. The second-order valence-corrected chi connectivity index (χ2v) is 18.7. The molecule has 0 saturated heterocycles. The van der Waals surface area contributed by atoms with Crippen molar-refractivity contribution in [2.24, 2.45) is 16.7 Å². The Morgan fingerprint density at radius 2 is 1.42 bits per heavy atom. The second kappa shape index (κ2) is 16.9. The van der Waals surface area contributed by atoms with Crippen LogP contribution >= 0.6 is 22.7 Å². The Kier molecular flexibility index (Phi) is 13.6. The first-order chi connectivity index (χ1) is 24.5. The number of rotatable bonds is 10. The van der Waals surface area contributed by atoms with E-state index in [9.17, 15) is 9.90 Å². The summed E-state index contributed by atoms with van der Waals surface area (Å²) in [4.78, 5) is 18.7. The number of carbonyl (C=O) groups is 1. The van der Waals surface area contributed by atoms with Gasteiger partial charge < -0.3 is 5.11 Å². The topological polar surface area (TPSA) is 50.2 Å². The zero-order valence-electron chi connectivity index (χ0n) is 33.8. The number of fused-ring (bicyclic) bond motifs is 6. The summed E-state index contributed by atoms with van der Waals surface area (Å²) < 4.78 is 4.03. The van der Waals surface area contributed by atoms with Gasteiger partial charge >= 0.3 is 0 Å². The van der Waals surface area contributed by atoms with Crippen LogP contribution in [-0.2, 0) is 36.7 Å². The smallest absolute Gasteiger partial charge is 0.164 e. The predicted molar refractivity (Wildman–Crippen MR) is 229 cm³/mol. The number of ketones is 1. The van der Waals surface area contributed by atoms with Crippen LogP contribution in [0.2, 0.25) is 0 Å². The van der Waals surface area contributed by atoms with E-state index in [4.69, 9.17) is 4.98 Å². The normalized spacial score (nSPS) is 12.8. The molecular formula is C47H58IrNO2S2-. The van der Waals surface area contributed by atoms with Crippen molar-refractivity contribution in [3.05, 3.63) is 88.6 Å². The molecule has 3 nitrogen and oxygen atoms in total. The van der Waals surface area contributed by atoms with Gasteiger partial charge in [-0.3, -0.25) is 9.78 Å². The molecule has 0 atom stereocenters. The Bertz CT molecular complexity index is 2260. The van der Waals surface area contributed by atoms with E-state index >= 15 is 0 Å². The van der Waals surface area contributed by atoms with E-state index < -0.39 is 0 Å². The molecule has 0 aliphatic carbocycles. The van der Waals surface area contributed by atoms with Crippen molar-refractivity contribution in [2.75, 3.05) is 0 Å². The van der Waals surface area contributed by atoms with Gasteiger partial charge in [0.15, 0.2) is 5.78 Å². The molecule has 0 bridgehead atoms. The second-order valence-electron chi connectivity index (χ2n) is 16.5. The van der Waals surface area contributed by atoms with E-state index in [1.807, 2.05) is 70.4 Å². The number of allylic oxidation sites excluding steroid dienone is 2. The van der Waals surface area contributed by atoms with Gasteiger partial charge in [0, 0.05) is 78.7 Å². The van der Waals surface area contributed by atoms with Gasteiger partial charge in [0.25, 0.3) is 0 Å². The van der Waals surface area contributed by atoms with E-state index in [0.717, 1.165) is 48.7 Å². The molecule has 6 rings (SSSR count). The van der Waals surface area contributed by atoms with Crippen LogP contribution < -0.4 is 0 Å². The third kappa shape index (κ3) is 8.52. The first kappa shape index (κ1) is 42.8. The summed E-state index contributed by atoms with van der Waals surface area (Å²) in [6.45, 7) is 25.9. The molecule has 6 aromatic rings. The van der Waals surface area contributed by atoms with Gasteiger partial charge in [-0.15, -0.1) is 51.8 Å². The largest absolute Gasteiger partial charge is 0.512 e. The number of thiophene rings is 2. The summed E-state index contributed by atoms with van der Waals surface area (Å²) in [5.41, 5.74) is 4.35. The molecule has 0 saturated carbocycles. The maximum atomic E-state index is 12.2. The number of aliphatic hydroxyl groups excluding tert-OH is 1. The van der Waals surface area contributed by atoms with Crippen LogP contribution in [0.25, 0.3) is 52.3 Å². The molecule has 285 valence electrons. The Balaban J connectivity index is 0.000000299. The van der Waals surface area contributed by atoms with Crippen LogP contribution in [-0.4, -0.2) is 15.9 Å². The maximum Gasteiger partial charge on any atom is 0.164 e. The number of aromatic nitrogens is 1. The van der Waals surface area contributed by atoms with Gasteiger partial charge in [0.2, 0.25) is 0 Å². The maximum absolute atomic E-state index is 12.2. The molecule has 0 aliphatic rings. The van der Waals surface area contributed by atoms with Crippen molar-refractivity contribution in [3.63, 3.8) is 0 Å². The molecule has 0 amide bonds. The quantitative estimate of drug-likeness (QED) is 0.0846. The van der Waals surface area contributed by atoms with E-state index in [2.05, 4.69) is 96.1 Å². The van der Waals surface area contributed by atoms with Crippen molar-refractivity contribution in [1.29, 1.82) is 0 Å². The third-order valence-electron chi connectivity index (χ3n) is 11.6. The molecule has 3 heterocycles. The summed E-state index contributed by atoms with van der Waals surface area (Å²) in [7, 11) is 0. The summed E-state index contributed by atoms with van der Waals surface area (Å²) >= 11 is 3.85. The molecule has 3 aromatic carbocycles. The molecule has 0 aliphatic heterocycles. The zero-order chi connectivity index (χ0) is 38.2. The van der Waals surface area contributed by atoms with Crippen LogP contribution in [0.1, 0.15) is 118 Å². The fourth-order valence-corrected chi connectivity index (χ4v) is 9.56. The molecule has 0 spiro atoms. The molecule has 0 fully saturated rings. The zero-order valence-corrected chi connectivity index (χ0v) is 37.9. The monoisotopic (exact) mass is 925 g/mol. The molecule has 6 heteroatoms. The van der Waals surface area contributed by atoms with Crippen molar-refractivity contribution in [1.82, 2.24) is 4.98 Å². The third-order valence-corrected chi connectivity index (χ3v) is 14.0. The van der Waals surface area contributed by atoms with Crippen LogP contribution in [0.5, 0.6) is 0 Å². The number of nitrogens with zero attached hydrogens (tertiary/aromatic N) is 1. The average Bonchev–Trinajstić information content (AvgIpc) is 3.66. The summed E-state index contributed by atoms with van der Waals surface area (Å²) in [5.74, 6) is 0.936. The molecule has 1 radical (unpaired) electrons. The number of aryl methyl sites for hydroxylation is 1. The minimum Gasteiger partial charge on any atom is -0.512 e. The van der Waals surface area contributed by atoms with E-state index in [0.29, 0.717) is 5.92 Å². The summed E-state index contributed by atoms with van der Waals surface area (Å²) in [5, 5.41) is 16.6. The minimum absolute atomic E-state index is 0. The van der Waals surface area contributed by atoms with Crippen LogP contribution in [0.15, 0.2) is 66.6 Å². The molecule has 3 aromatic heterocycles. The Morgan fingerprint density at radius 3 is 2.00 bits per heavy atom. The minimum atomic E-state index is -0.337. The van der Waals surface area contributed by atoms with Gasteiger partial charge in [-0.05, 0) is 79.5 Å².